The molecule has 1 saturated carbocycles. The van der Waals surface area contributed by atoms with Crippen LogP contribution < -0.4 is 5.32 Å². The van der Waals surface area contributed by atoms with Crippen LogP contribution in [0.3, 0.4) is 0 Å². The van der Waals surface area contributed by atoms with Gasteiger partial charge in [-0.1, -0.05) is 37.9 Å². The molecule has 2 N–H and O–H groups in total. The molecular weight excluding hydrogens is 404 g/mol. The van der Waals surface area contributed by atoms with Gasteiger partial charge in [0.25, 0.3) is 0 Å². The summed E-state index contributed by atoms with van der Waals surface area (Å²) in [7, 11) is 0. The Morgan fingerprint density at radius 1 is 1.29 bits per heavy atom. The summed E-state index contributed by atoms with van der Waals surface area (Å²) in [6.45, 7) is 0.361. The van der Waals surface area contributed by atoms with E-state index in [1.807, 2.05) is 6.07 Å². The molecule has 2 rings (SSSR count). The Labute approximate surface area is 139 Å². The topological polar surface area (TPSA) is 79.3 Å². The number of carbonyl (C=O) groups excluding carboxylic acids is 1. The molecule has 21 heavy (non-hydrogen) atoms. The number of amides is 1. The second-order valence-electron chi connectivity index (χ2n) is 5.13. The lowest BCUT2D eigenvalue weighted by Gasteiger charge is -2.33. The number of aromatic nitrogens is 1. The van der Waals surface area contributed by atoms with Crippen molar-refractivity contribution < 1.29 is 14.7 Å². The molecule has 0 spiro atoms. The molecule has 0 unspecified atom stereocenters. The summed E-state index contributed by atoms with van der Waals surface area (Å²) in [6, 6.07) is 3.66. The number of carboxylic acid groups (broad SMARTS) is 1. The van der Waals surface area contributed by atoms with Crippen molar-refractivity contribution in [3.8, 4) is 0 Å². The molecule has 1 aromatic rings. The normalized spacial score (nSPS) is 28.9. The quantitative estimate of drug-likeness (QED) is 0.734. The summed E-state index contributed by atoms with van der Waals surface area (Å²) in [5.74, 6) is -2.30. The number of hydrogen-bond acceptors (Lipinski definition) is 3. The number of alkyl halides is 2. The second kappa shape index (κ2) is 7.35. The van der Waals surface area contributed by atoms with Gasteiger partial charge in [-0.2, -0.15) is 0 Å². The van der Waals surface area contributed by atoms with E-state index in [1.54, 1.807) is 18.5 Å². The van der Waals surface area contributed by atoms with Crippen molar-refractivity contribution in [2.24, 2.45) is 11.8 Å². The van der Waals surface area contributed by atoms with Crippen LogP contribution in [0, 0.1) is 11.8 Å². The Kier molecular flexibility index (Phi) is 5.75. The van der Waals surface area contributed by atoms with Crippen LogP contribution in [0.25, 0.3) is 0 Å². The molecule has 1 aliphatic carbocycles. The first-order valence-corrected chi connectivity index (χ1v) is 8.49. The van der Waals surface area contributed by atoms with Gasteiger partial charge in [-0.15, -0.1) is 0 Å². The number of hydrogen-bond donors (Lipinski definition) is 2. The predicted octanol–water partition coefficient (Wildman–Crippen LogP) is 2.34. The fraction of sp³-hybridized carbons (Fsp3) is 0.500. The Hall–Kier alpha value is -0.950. The predicted molar refractivity (Wildman–Crippen MR) is 85.4 cm³/mol. The van der Waals surface area contributed by atoms with Gasteiger partial charge in [0.1, 0.15) is 0 Å². The van der Waals surface area contributed by atoms with E-state index in [2.05, 4.69) is 42.2 Å². The van der Waals surface area contributed by atoms with Crippen LogP contribution in [0.5, 0.6) is 0 Å². The number of pyridine rings is 1. The van der Waals surface area contributed by atoms with E-state index >= 15 is 0 Å². The SMILES string of the molecule is O=C(O)[C@@H]1C[C@H](Br)[C@H](Br)C[C@H]1C(=O)NCc1cccnc1. The summed E-state index contributed by atoms with van der Waals surface area (Å²) in [5, 5.41) is 12.1. The van der Waals surface area contributed by atoms with Gasteiger partial charge in [0.15, 0.2) is 0 Å². The van der Waals surface area contributed by atoms with Gasteiger partial charge < -0.3 is 10.4 Å². The highest BCUT2D eigenvalue weighted by Gasteiger charge is 2.42. The van der Waals surface area contributed by atoms with Crippen LogP contribution in [0.2, 0.25) is 0 Å². The van der Waals surface area contributed by atoms with E-state index in [9.17, 15) is 14.7 Å². The lowest BCUT2D eigenvalue weighted by atomic mass is 9.78. The van der Waals surface area contributed by atoms with E-state index in [-0.39, 0.29) is 15.6 Å². The molecule has 4 atom stereocenters. The van der Waals surface area contributed by atoms with E-state index in [1.165, 1.54) is 0 Å². The van der Waals surface area contributed by atoms with E-state index in [4.69, 9.17) is 0 Å². The van der Waals surface area contributed by atoms with Crippen LogP contribution >= 0.6 is 31.9 Å². The Bertz CT molecular complexity index is 512. The summed E-state index contributed by atoms with van der Waals surface area (Å²) in [5.41, 5.74) is 0.891. The smallest absolute Gasteiger partial charge is 0.307 e. The lowest BCUT2D eigenvalue weighted by molar-refractivity contribution is -0.148. The first-order chi connectivity index (χ1) is 9.99. The highest BCUT2D eigenvalue weighted by molar-refractivity contribution is 9.12. The maximum absolute atomic E-state index is 12.3. The van der Waals surface area contributed by atoms with Crippen molar-refractivity contribution >= 4 is 43.7 Å². The zero-order valence-corrected chi connectivity index (χ0v) is 14.4. The van der Waals surface area contributed by atoms with Crippen LogP contribution in [0.15, 0.2) is 24.5 Å². The number of nitrogens with zero attached hydrogens (tertiary/aromatic N) is 1. The van der Waals surface area contributed by atoms with Crippen molar-refractivity contribution in [2.75, 3.05) is 0 Å². The monoisotopic (exact) mass is 418 g/mol. The molecule has 1 fully saturated rings. The zero-order chi connectivity index (χ0) is 15.4. The van der Waals surface area contributed by atoms with Crippen molar-refractivity contribution in [3.63, 3.8) is 0 Å². The van der Waals surface area contributed by atoms with Crippen LogP contribution in [0.4, 0.5) is 0 Å². The van der Waals surface area contributed by atoms with Crippen molar-refractivity contribution in [2.45, 2.75) is 29.0 Å². The van der Waals surface area contributed by atoms with Gasteiger partial charge in [-0.05, 0) is 24.5 Å². The Morgan fingerprint density at radius 3 is 2.52 bits per heavy atom. The zero-order valence-electron chi connectivity index (χ0n) is 11.2. The molecule has 1 heterocycles. The van der Waals surface area contributed by atoms with Crippen LogP contribution in [-0.4, -0.2) is 31.6 Å². The maximum atomic E-state index is 12.3. The average Bonchev–Trinajstić information content (AvgIpc) is 2.48. The molecule has 0 aromatic carbocycles. The molecule has 114 valence electrons. The average molecular weight is 420 g/mol. The number of aliphatic carboxylic acids is 1. The highest BCUT2D eigenvalue weighted by atomic mass is 79.9. The largest absolute Gasteiger partial charge is 0.481 e. The first kappa shape index (κ1) is 16.4. The van der Waals surface area contributed by atoms with E-state index < -0.39 is 17.8 Å². The van der Waals surface area contributed by atoms with Gasteiger partial charge in [0.2, 0.25) is 5.91 Å². The lowest BCUT2D eigenvalue weighted by Crippen LogP contribution is -2.44. The Balaban J connectivity index is 2.00. The molecular formula is C14H16Br2N2O3. The molecule has 0 saturated heterocycles. The number of carbonyl (C=O) groups is 2. The number of nitrogens with one attached hydrogen (secondary N) is 1. The summed E-state index contributed by atoms with van der Waals surface area (Å²) in [4.78, 5) is 27.8. The molecule has 1 aliphatic rings. The van der Waals surface area contributed by atoms with Gasteiger partial charge >= 0.3 is 5.97 Å². The first-order valence-electron chi connectivity index (χ1n) is 6.66. The molecule has 0 bridgehead atoms. The standard InChI is InChI=1S/C14H16Br2N2O3/c15-11-4-9(10(14(20)21)5-12(11)16)13(19)18-7-8-2-1-3-17-6-8/h1-3,6,9-12H,4-5,7H2,(H,18,19)(H,20,21)/t9-,10-,11-,12+/m1/s1. The van der Waals surface area contributed by atoms with Gasteiger partial charge in [0.05, 0.1) is 11.8 Å². The molecule has 0 radical (unpaired) electrons. The molecule has 1 aromatic heterocycles. The third kappa shape index (κ3) is 4.26. The van der Waals surface area contributed by atoms with Gasteiger partial charge in [-0.25, -0.2) is 0 Å². The fourth-order valence-electron chi connectivity index (χ4n) is 2.49. The van der Waals surface area contributed by atoms with Crippen molar-refractivity contribution in [1.82, 2.24) is 10.3 Å². The van der Waals surface area contributed by atoms with Crippen LogP contribution in [0.1, 0.15) is 18.4 Å². The van der Waals surface area contributed by atoms with E-state index in [0.717, 1.165) is 5.56 Å². The Morgan fingerprint density at radius 2 is 1.95 bits per heavy atom. The third-order valence-corrected chi connectivity index (χ3v) is 6.41. The van der Waals surface area contributed by atoms with Gasteiger partial charge in [-0.3, -0.25) is 14.6 Å². The minimum atomic E-state index is -0.916. The second-order valence-corrected chi connectivity index (χ2v) is 7.49. The molecule has 7 heteroatoms. The van der Waals surface area contributed by atoms with E-state index in [0.29, 0.717) is 19.4 Å². The summed E-state index contributed by atoms with van der Waals surface area (Å²) in [6.07, 6.45) is 4.29. The van der Waals surface area contributed by atoms with Crippen LogP contribution in [-0.2, 0) is 16.1 Å². The molecule has 5 nitrogen and oxygen atoms in total. The van der Waals surface area contributed by atoms with Crippen molar-refractivity contribution in [3.05, 3.63) is 30.1 Å². The van der Waals surface area contributed by atoms with Crippen molar-refractivity contribution in [1.29, 1.82) is 0 Å². The number of rotatable bonds is 4. The third-order valence-electron chi connectivity index (χ3n) is 3.68. The summed E-state index contributed by atoms with van der Waals surface area (Å²) >= 11 is 6.97. The number of halogens is 2. The fourth-order valence-corrected chi connectivity index (χ4v) is 3.73. The maximum Gasteiger partial charge on any atom is 0.307 e. The number of carboxylic acids is 1. The molecule has 0 aliphatic heterocycles. The highest BCUT2D eigenvalue weighted by Crippen LogP contribution is 2.38. The minimum absolute atomic E-state index is 0.0703. The van der Waals surface area contributed by atoms with Gasteiger partial charge in [0, 0.05) is 28.6 Å². The summed E-state index contributed by atoms with van der Waals surface area (Å²) < 4.78 is 0. The minimum Gasteiger partial charge on any atom is -0.481 e. The molecule has 1 amide bonds.